The Kier molecular flexibility index (Phi) is 21.0. The maximum Gasteiger partial charge on any atom is 0.246 e. The van der Waals surface area contributed by atoms with Crippen molar-refractivity contribution >= 4 is 48.1 Å². The summed E-state index contributed by atoms with van der Waals surface area (Å²) in [6.45, 7) is 47.1. The molecule has 5 aromatic rings. The van der Waals surface area contributed by atoms with Gasteiger partial charge < -0.3 is 48.9 Å². The van der Waals surface area contributed by atoms with Gasteiger partial charge >= 0.3 is 0 Å². The van der Waals surface area contributed by atoms with Crippen LogP contribution in [0.4, 0.5) is 0 Å². The highest BCUT2D eigenvalue weighted by Gasteiger charge is 2.56. The van der Waals surface area contributed by atoms with Crippen LogP contribution < -0.4 is 18.9 Å². The third kappa shape index (κ3) is 14.2. The monoisotopic (exact) mass is 1460 g/mol. The van der Waals surface area contributed by atoms with E-state index in [1.165, 1.54) is 137 Å². The molecule has 7 saturated carbocycles. The molecule has 12 atom stereocenters. The van der Waals surface area contributed by atoms with Gasteiger partial charge in [-0.2, -0.15) is 0 Å². The highest BCUT2D eigenvalue weighted by molar-refractivity contribution is 5.91. The van der Waals surface area contributed by atoms with Crippen LogP contribution in [0.1, 0.15) is 337 Å². The van der Waals surface area contributed by atoms with Crippen molar-refractivity contribution in [1.82, 2.24) is 0 Å². The zero-order valence-corrected chi connectivity index (χ0v) is 68.7. The van der Waals surface area contributed by atoms with Gasteiger partial charge in [0.1, 0.15) is 51.2 Å². The molecule has 10 aliphatic rings. The van der Waals surface area contributed by atoms with Gasteiger partial charge in [0.2, 0.25) is 11.6 Å². The predicted octanol–water partition coefficient (Wildman–Crippen LogP) is 24.7. The second-order valence-corrected chi connectivity index (χ2v) is 39.5. The number of aryl methyl sites for hydroxylation is 1. The standard InChI is InChI=1S/2C25H34O4.C23H32O3.C21H28O2/c2*1-15-8-9-20-23(2,3)10-7-11-25(20,6)18(15)12-16-13-19-22(17(14-26)21(16)27)29-24(4,5)28-19;1-14-7-8-19-22(3,4)9-6-10-23(19,5)18(14)12-16-11-15(2)20(25)17(13-24)21(16)26;1-13-6-9-17-20(2,3)10-5-11-21(17,4)18-15-12-14(22)7-8-16(15)23-19(13)18/h2*12-15,20,27H,7-11H2,1-6H3;11-14,19,25-26H,6-10H2,1-5H3;7-8,12-13,17,22H,5-6,9-11H2,1-4H3/b3*18-12+;/t15-,20+,25-;15-,20-,25+;14-,19-,23+;13?,17-,21-/m1000/s1. The Morgan fingerprint density at radius 1 is 0.383 bits per heavy atom. The third-order valence-corrected chi connectivity index (χ3v) is 29.6. The molecule has 0 saturated heterocycles. The molecule has 13 nitrogen and oxygen atoms in total. The van der Waals surface area contributed by atoms with Crippen LogP contribution in [0.15, 0.2) is 57.5 Å². The van der Waals surface area contributed by atoms with Crippen molar-refractivity contribution in [3.8, 4) is 51.7 Å². The first-order valence-electron chi connectivity index (χ1n) is 40.8. The van der Waals surface area contributed by atoms with Gasteiger partial charge in [-0.05, 0) is 236 Å². The Balaban J connectivity index is 0.000000134. The normalized spacial score (nSPS) is 33.0. The molecular weight excluding hydrogens is 1340 g/mol. The van der Waals surface area contributed by atoms with Crippen LogP contribution in [0, 0.1) is 86.3 Å². The molecule has 3 heterocycles. The van der Waals surface area contributed by atoms with Crippen molar-refractivity contribution in [2.24, 2.45) is 79.3 Å². The highest BCUT2D eigenvalue weighted by Crippen LogP contribution is 2.66. The SMILES string of the molecule is CC1CC[C@H]2C(C)(C)CCC[C@]2(C)c2c1oc1ccc(O)cc21.C[C@@H]1CC[C@H]2C(C)(C)CCC[C@]2(C)/C1=C/c1cc2c(c(C=O)c1O)OC(C)(C)O2.C[C@H]1CC[C@H]2C(C)(C)CCC[C@]2(C)/C1=C/c1cc2c(c(C=O)c1O)OC(C)(C)O2.Cc1cc(/C=C2\[C@@H](C)CC[C@H]3C(C)(C)CCC[C@]23C)c(O)c(C=O)c1O. The predicted molar refractivity (Wildman–Crippen MR) is 428 cm³/mol. The summed E-state index contributed by atoms with van der Waals surface area (Å²) in [5.41, 5.74) is 11.3. The average molecular weight is 1470 g/mol. The number of phenols is 5. The summed E-state index contributed by atoms with van der Waals surface area (Å²) in [4.78, 5) is 34.9. The molecule has 2 aliphatic heterocycles. The number of aromatic hydroxyl groups is 5. The zero-order chi connectivity index (χ0) is 78.1. The minimum Gasteiger partial charge on any atom is -0.508 e. The maximum absolute atomic E-state index is 11.8. The van der Waals surface area contributed by atoms with E-state index in [4.69, 9.17) is 23.4 Å². The van der Waals surface area contributed by atoms with E-state index in [1.54, 1.807) is 46.8 Å². The lowest BCUT2D eigenvalue weighted by Crippen LogP contribution is -2.47. The molecular formula is C94H128O13. The zero-order valence-electron chi connectivity index (χ0n) is 68.7. The van der Waals surface area contributed by atoms with Crippen molar-refractivity contribution in [2.45, 2.75) is 297 Å². The second kappa shape index (κ2) is 28.3. The number of hydrogen-bond donors (Lipinski definition) is 5. The molecule has 1 unspecified atom stereocenters. The Labute approximate surface area is 639 Å². The van der Waals surface area contributed by atoms with Gasteiger partial charge in [-0.15, -0.1) is 0 Å². The fraction of sp³-hybridized carbons (Fsp3) is 0.628. The van der Waals surface area contributed by atoms with Gasteiger partial charge in [0.15, 0.2) is 41.9 Å². The van der Waals surface area contributed by atoms with Gasteiger partial charge in [-0.3, -0.25) is 14.4 Å². The van der Waals surface area contributed by atoms with Gasteiger partial charge in [-0.25, -0.2) is 0 Å². The summed E-state index contributed by atoms with van der Waals surface area (Å²) in [5.74, 6) is 5.67. The van der Waals surface area contributed by atoms with Gasteiger partial charge in [0.05, 0.1) is 5.56 Å². The molecule has 1 aromatic heterocycles. The fourth-order valence-corrected chi connectivity index (χ4v) is 24.4. The van der Waals surface area contributed by atoms with Gasteiger partial charge in [0, 0.05) is 61.3 Å². The molecule has 0 amide bonds. The third-order valence-electron chi connectivity index (χ3n) is 29.6. The van der Waals surface area contributed by atoms with Crippen LogP contribution in [0.25, 0.3) is 29.2 Å². The summed E-state index contributed by atoms with van der Waals surface area (Å²) in [6, 6.07) is 11.0. The topological polar surface area (TPSA) is 202 Å². The van der Waals surface area contributed by atoms with E-state index in [9.17, 15) is 39.9 Å². The van der Waals surface area contributed by atoms with E-state index in [0.717, 1.165) is 30.2 Å². The summed E-state index contributed by atoms with van der Waals surface area (Å²) in [6.07, 6.45) is 32.8. The van der Waals surface area contributed by atoms with Crippen molar-refractivity contribution < 1.29 is 63.3 Å². The number of phenolic OH excluding ortho intramolecular Hbond substituents is 5. The largest absolute Gasteiger partial charge is 0.508 e. The lowest BCUT2D eigenvalue weighted by Gasteiger charge is -2.56. The Morgan fingerprint density at radius 3 is 1.09 bits per heavy atom. The molecule has 15 rings (SSSR count). The molecule has 7 fully saturated rings. The number of benzene rings is 4. The van der Waals surface area contributed by atoms with E-state index in [2.05, 4.69) is 129 Å². The first-order valence-corrected chi connectivity index (χ1v) is 40.8. The number of rotatable bonds is 6. The molecule has 107 heavy (non-hydrogen) atoms. The van der Waals surface area contributed by atoms with Gasteiger partial charge in [-0.1, -0.05) is 171 Å². The lowest BCUT2D eigenvalue weighted by molar-refractivity contribution is -0.0439. The van der Waals surface area contributed by atoms with Crippen molar-refractivity contribution in [3.05, 3.63) is 103 Å². The maximum atomic E-state index is 11.8. The van der Waals surface area contributed by atoms with Gasteiger partial charge in [0.25, 0.3) is 0 Å². The lowest BCUT2D eigenvalue weighted by atomic mass is 9.48. The highest BCUT2D eigenvalue weighted by atomic mass is 16.7. The Morgan fingerprint density at radius 2 is 0.720 bits per heavy atom. The van der Waals surface area contributed by atoms with Crippen LogP contribution in [-0.2, 0) is 5.41 Å². The molecule has 0 radical (unpaired) electrons. The molecule has 4 aromatic carbocycles. The van der Waals surface area contributed by atoms with Crippen LogP contribution in [0.3, 0.4) is 0 Å². The molecule has 8 aliphatic carbocycles. The summed E-state index contributed by atoms with van der Waals surface area (Å²) >= 11 is 0. The molecule has 13 heteroatoms. The van der Waals surface area contributed by atoms with Crippen LogP contribution >= 0.6 is 0 Å². The molecule has 0 bridgehead atoms. The number of carbonyl (C=O) groups excluding carboxylic acids is 3. The van der Waals surface area contributed by atoms with Crippen molar-refractivity contribution in [2.75, 3.05) is 0 Å². The average Bonchev–Trinajstić information content (AvgIpc) is 1.69. The Hall–Kier alpha value is -7.15. The number of allylic oxidation sites excluding steroid dienone is 3. The number of aldehydes is 3. The molecule has 5 N–H and O–H groups in total. The number of furan rings is 1. The van der Waals surface area contributed by atoms with Crippen molar-refractivity contribution in [1.29, 1.82) is 0 Å². The Bertz CT molecular complexity index is 4230. The fourth-order valence-electron chi connectivity index (χ4n) is 24.4. The van der Waals surface area contributed by atoms with E-state index in [1.807, 2.05) is 24.3 Å². The summed E-state index contributed by atoms with van der Waals surface area (Å²) in [7, 11) is 0. The van der Waals surface area contributed by atoms with Crippen LogP contribution in [-0.4, -0.2) is 56.0 Å². The minimum atomic E-state index is -0.846. The van der Waals surface area contributed by atoms with E-state index >= 15 is 0 Å². The number of fused-ring (bicyclic) bond motifs is 10. The first kappa shape index (κ1) is 79.4. The van der Waals surface area contributed by atoms with E-state index < -0.39 is 11.6 Å². The summed E-state index contributed by atoms with van der Waals surface area (Å²) in [5, 5.41) is 53.6. The first-order chi connectivity index (χ1) is 49.9. The van der Waals surface area contributed by atoms with Crippen LogP contribution in [0.2, 0.25) is 0 Å². The number of carbonyl (C=O) groups is 3. The quantitative estimate of drug-likeness (QED) is 0.101. The van der Waals surface area contributed by atoms with Crippen molar-refractivity contribution in [3.63, 3.8) is 0 Å². The van der Waals surface area contributed by atoms with E-state index in [0.29, 0.717) is 139 Å². The number of ether oxygens (including phenoxy) is 4. The molecule has 582 valence electrons. The number of hydrogen-bond acceptors (Lipinski definition) is 13. The minimum absolute atomic E-state index is 0.00834. The smallest absolute Gasteiger partial charge is 0.246 e. The van der Waals surface area contributed by atoms with Crippen LogP contribution in [0.5, 0.6) is 51.7 Å². The second-order valence-electron chi connectivity index (χ2n) is 39.5. The summed E-state index contributed by atoms with van der Waals surface area (Å²) < 4.78 is 29.6. The van der Waals surface area contributed by atoms with E-state index in [-0.39, 0.29) is 61.3 Å². The molecule has 0 spiro atoms.